The van der Waals surface area contributed by atoms with Gasteiger partial charge in [-0.15, -0.1) is 0 Å². The number of hydrazine groups is 1. The van der Waals surface area contributed by atoms with E-state index in [1.807, 2.05) is 0 Å². The second-order valence-corrected chi connectivity index (χ2v) is 6.06. The van der Waals surface area contributed by atoms with E-state index in [2.05, 4.69) is 0 Å². The van der Waals surface area contributed by atoms with Crippen molar-refractivity contribution >= 4 is 29.2 Å². The summed E-state index contributed by atoms with van der Waals surface area (Å²) < 4.78 is 0. The lowest BCUT2D eigenvalue weighted by Crippen LogP contribution is -2.51. The highest BCUT2D eigenvalue weighted by Crippen LogP contribution is 2.20. The number of non-ortho nitro benzene ring substituents is 1. The summed E-state index contributed by atoms with van der Waals surface area (Å²) in [6.07, 6.45) is -0.145. The Morgan fingerprint density at radius 2 is 1.57 bits per heavy atom. The molecule has 9 nitrogen and oxygen atoms in total. The van der Waals surface area contributed by atoms with Crippen molar-refractivity contribution in [2.45, 2.75) is 12.8 Å². The van der Waals surface area contributed by atoms with E-state index >= 15 is 0 Å². The Morgan fingerprint density at radius 1 is 0.964 bits per heavy atom. The molecule has 0 spiro atoms. The van der Waals surface area contributed by atoms with Gasteiger partial charge in [0.2, 0.25) is 11.8 Å². The molecule has 9 heteroatoms. The summed E-state index contributed by atoms with van der Waals surface area (Å²) in [6.45, 7) is -0.553. The molecule has 0 atom stereocenters. The third kappa shape index (κ3) is 3.78. The van der Waals surface area contributed by atoms with E-state index in [4.69, 9.17) is 0 Å². The van der Waals surface area contributed by atoms with Crippen molar-refractivity contribution in [1.82, 2.24) is 10.0 Å². The number of imide groups is 1. The molecule has 0 saturated carbocycles. The van der Waals surface area contributed by atoms with Crippen molar-refractivity contribution in [1.29, 1.82) is 0 Å². The first-order valence-electron chi connectivity index (χ1n) is 8.39. The van der Waals surface area contributed by atoms with Crippen LogP contribution in [0.2, 0.25) is 0 Å². The first-order valence-corrected chi connectivity index (χ1v) is 8.39. The van der Waals surface area contributed by atoms with Gasteiger partial charge in [0.05, 0.1) is 4.92 Å². The number of carbonyl (C=O) groups is 4. The zero-order valence-corrected chi connectivity index (χ0v) is 14.6. The number of hydrogen-bond acceptors (Lipinski definition) is 6. The highest BCUT2D eigenvalue weighted by atomic mass is 16.6. The zero-order valence-electron chi connectivity index (χ0n) is 14.6. The molecule has 0 unspecified atom stereocenters. The predicted octanol–water partition coefficient (Wildman–Crippen LogP) is 1.98. The fraction of sp³-hybridized carbons (Fsp3) is 0.158. The molecular formula is C19H15N3O6. The van der Waals surface area contributed by atoms with Crippen LogP contribution in [0.4, 0.5) is 5.69 Å². The summed E-state index contributed by atoms with van der Waals surface area (Å²) in [6, 6.07) is 13.0. The van der Waals surface area contributed by atoms with E-state index in [-0.39, 0.29) is 24.1 Å². The number of hydrogen-bond donors (Lipinski definition) is 0. The van der Waals surface area contributed by atoms with Crippen molar-refractivity contribution in [3.63, 3.8) is 0 Å². The Kier molecular flexibility index (Phi) is 5.25. The van der Waals surface area contributed by atoms with Crippen LogP contribution in [-0.4, -0.2) is 45.0 Å². The molecule has 0 aliphatic carbocycles. The molecule has 1 saturated heterocycles. The molecule has 3 rings (SSSR count). The molecule has 0 bridgehead atoms. The molecule has 1 heterocycles. The van der Waals surface area contributed by atoms with Crippen LogP contribution in [0.25, 0.3) is 0 Å². The molecule has 3 amide bonds. The minimum absolute atomic E-state index is 0.0723. The zero-order chi connectivity index (χ0) is 20.3. The average molecular weight is 381 g/mol. The number of nitro groups is 1. The summed E-state index contributed by atoms with van der Waals surface area (Å²) in [5, 5.41) is 12.4. The average Bonchev–Trinajstić information content (AvgIpc) is 3.04. The summed E-state index contributed by atoms with van der Waals surface area (Å²) in [7, 11) is 0. The van der Waals surface area contributed by atoms with E-state index in [1.54, 1.807) is 30.3 Å². The third-order valence-corrected chi connectivity index (χ3v) is 4.19. The van der Waals surface area contributed by atoms with Crippen LogP contribution >= 0.6 is 0 Å². The molecule has 2 aromatic carbocycles. The summed E-state index contributed by atoms with van der Waals surface area (Å²) in [5.74, 6) is -2.54. The van der Waals surface area contributed by atoms with Crippen LogP contribution in [0.15, 0.2) is 54.6 Å². The number of Topliss-reactive ketones (excluding diaryl/α,β-unsaturated/α-hetero) is 1. The number of benzene rings is 2. The van der Waals surface area contributed by atoms with Crippen molar-refractivity contribution in [2.24, 2.45) is 0 Å². The molecule has 0 N–H and O–H groups in total. The second-order valence-electron chi connectivity index (χ2n) is 6.06. The van der Waals surface area contributed by atoms with Crippen LogP contribution in [0.3, 0.4) is 0 Å². The summed E-state index contributed by atoms with van der Waals surface area (Å²) in [4.78, 5) is 60.2. The molecule has 0 radical (unpaired) electrons. The lowest BCUT2D eigenvalue weighted by atomic mass is 10.1. The molecule has 1 aliphatic heterocycles. The minimum Gasteiger partial charge on any atom is -0.292 e. The second kappa shape index (κ2) is 7.78. The van der Waals surface area contributed by atoms with Gasteiger partial charge in [0.25, 0.3) is 11.6 Å². The molecule has 1 fully saturated rings. The van der Waals surface area contributed by atoms with Gasteiger partial charge >= 0.3 is 0 Å². The van der Waals surface area contributed by atoms with Gasteiger partial charge in [-0.25, -0.2) is 5.01 Å². The third-order valence-electron chi connectivity index (χ3n) is 4.19. The Labute approximate surface area is 159 Å². The van der Waals surface area contributed by atoms with Gasteiger partial charge in [-0.3, -0.25) is 29.3 Å². The number of ketones is 1. The van der Waals surface area contributed by atoms with E-state index in [9.17, 15) is 29.3 Å². The Bertz CT molecular complexity index is 957. The number of nitrogens with zero attached hydrogens (tertiary/aromatic N) is 3. The molecule has 1 aliphatic rings. The van der Waals surface area contributed by atoms with Gasteiger partial charge in [-0.2, -0.15) is 5.01 Å². The predicted molar refractivity (Wildman–Crippen MR) is 96.0 cm³/mol. The number of nitro benzene ring substituents is 1. The van der Waals surface area contributed by atoms with Crippen LogP contribution in [0.5, 0.6) is 0 Å². The molecule has 28 heavy (non-hydrogen) atoms. The number of amides is 3. The highest BCUT2D eigenvalue weighted by Gasteiger charge is 2.38. The lowest BCUT2D eigenvalue weighted by Gasteiger charge is -2.29. The van der Waals surface area contributed by atoms with Crippen molar-refractivity contribution < 1.29 is 24.1 Å². The van der Waals surface area contributed by atoms with Crippen LogP contribution in [0.1, 0.15) is 33.6 Å². The Balaban J connectivity index is 1.96. The van der Waals surface area contributed by atoms with Crippen molar-refractivity contribution in [2.75, 3.05) is 6.54 Å². The van der Waals surface area contributed by atoms with Crippen LogP contribution < -0.4 is 0 Å². The smallest absolute Gasteiger partial charge is 0.273 e. The maximum absolute atomic E-state index is 13.0. The largest absolute Gasteiger partial charge is 0.292 e. The fourth-order valence-corrected chi connectivity index (χ4v) is 2.82. The SMILES string of the molecule is O=C(CN(C(=O)c1cccc([N+](=O)[O-])c1)N1C(=O)CCC1=O)c1ccccc1. The van der Waals surface area contributed by atoms with Gasteiger partial charge in [-0.1, -0.05) is 36.4 Å². The molecule has 0 aromatic heterocycles. The Morgan fingerprint density at radius 3 is 2.18 bits per heavy atom. The van der Waals surface area contributed by atoms with Crippen LogP contribution in [-0.2, 0) is 9.59 Å². The molecular weight excluding hydrogens is 366 g/mol. The first kappa shape index (κ1) is 18.9. The number of carbonyl (C=O) groups excluding carboxylic acids is 4. The summed E-state index contributed by atoms with van der Waals surface area (Å²) >= 11 is 0. The quantitative estimate of drug-likeness (QED) is 0.327. The van der Waals surface area contributed by atoms with E-state index in [0.717, 1.165) is 11.1 Å². The maximum Gasteiger partial charge on any atom is 0.273 e. The van der Waals surface area contributed by atoms with Gasteiger partial charge in [0.15, 0.2) is 5.78 Å². The standard InChI is InChI=1S/C19H15N3O6/c23-16(13-5-2-1-3-6-13)12-20(21-17(24)9-10-18(21)25)19(26)14-7-4-8-15(11-14)22(27)28/h1-8,11H,9-10,12H2. The van der Waals surface area contributed by atoms with Crippen molar-refractivity contribution in [3.8, 4) is 0 Å². The van der Waals surface area contributed by atoms with Gasteiger partial charge < -0.3 is 0 Å². The Hall–Kier alpha value is -3.88. The molecule has 2 aromatic rings. The topological polar surface area (TPSA) is 118 Å². The normalized spacial score (nSPS) is 13.5. The van der Waals surface area contributed by atoms with Gasteiger partial charge in [0, 0.05) is 36.1 Å². The van der Waals surface area contributed by atoms with Gasteiger partial charge in [-0.05, 0) is 6.07 Å². The van der Waals surface area contributed by atoms with E-state index in [1.165, 1.54) is 18.2 Å². The number of rotatable bonds is 6. The fourth-order valence-electron chi connectivity index (χ4n) is 2.82. The lowest BCUT2D eigenvalue weighted by molar-refractivity contribution is -0.384. The van der Waals surface area contributed by atoms with E-state index < -0.39 is 35.0 Å². The maximum atomic E-state index is 13.0. The first-order chi connectivity index (χ1) is 13.4. The van der Waals surface area contributed by atoms with Crippen LogP contribution in [0, 0.1) is 10.1 Å². The van der Waals surface area contributed by atoms with Gasteiger partial charge in [0.1, 0.15) is 6.54 Å². The molecule has 142 valence electrons. The van der Waals surface area contributed by atoms with E-state index in [0.29, 0.717) is 10.6 Å². The summed E-state index contributed by atoms with van der Waals surface area (Å²) in [5.41, 5.74) is -0.125. The minimum atomic E-state index is -0.850. The monoisotopic (exact) mass is 381 g/mol. The highest BCUT2D eigenvalue weighted by molar-refractivity contribution is 6.08. The van der Waals surface area contributed by atoms with Crippen molar-refractivity contribution in [3.05, 3.63) is 75.8 Å².